The largest absolute Gasteiger partial charge is 0.488 e. The molecule has 0 radical (unpaired) electrons. The number of carbonyl (C=O) groups is 2. The van der Waals surface area contributed by atoms with E-state index in [0.717, 1.165) is 10.6 Å². The number of rotatable bonds is 2. The standard InChI is InChI=1S/C11H14Cl2O.C8H13NO3/c1-7-9(12)5-8(6-10(7)13)14-11(2,3)4;1-8(2,3)12-9-6(10)4-5-7(9)11/h5-6H,1-4H3;4-5H2,1-3H3. The van der Waals surface area contributed by atoms with E-state index in [0.29, 0.717) is 15.8 Å². The summed E-state index contributed by atoms with van der Waals surface area (Å²) in [6.45, 7) is 13.2. The van der Waals surface area contributed by atoms with Crippen molar-refractivity contribution in [2.24, 2.45) is 0 Å². The highest BCUT2D eigenvalue weighted by atomic mass is 35.5. The van der Waals surface area contributed by atoms with Crippen LogP contribution in [0.15, 0.2) is 12.1 Å². The van der Waals surface area contributed by atoms with Gasteiger partial charge in [-0.15, -0.1) is 0 Å². The number of ether oxygens (including phenoxy) is 1. The van der Waals surface area contributed by atoms with Crippen molar-refractivity contribution in [2.75, 3.05) is 0 Å². The number of amides is 2. The van der Waals surface area contributed by atoms with Crippen molar-refractivity contribution in [3.8, 4) is 5.75 Å². The van der Waals surface area contributed by atoms with E-state index < -0.39 is 5.60 Å². The van der Waals surface area contributed by atoms with Gasteiger partial charge in [0.15, 0.2) is 0 Å². The molecule has 0 aliphatic carbocycles. The van der Waals surface area contributed by atoms with E-state index in [9.17, 15) is 9.59 Å². The van der Waals surface area contributed by atoms with Crippen molar-refractivity contribution >= 4 is 35.0 Å². The Morgan fingerprint density at radius 1 is 0.885 bits per heavy atom. The molecule has 1 aromatic rings. The van der Waals surface area contributed by atoms with Gasteiger partial charge in [0, 0.05) is 22.9 Å². The second kappa shape index (κ2) is 8.59. The molecule has 0 spiro atoms. The Bertz CT molecular complexity index is 636. The minimum atomic E-state index is -0.490. The van der Waals surface area contributed by atoms with Crippen molar-refractivity contribution in [3.63, 3.8) is 0 Å². The van der Waals surface area contributed by atoms with E-state index in [1.165, 1.54) is 0 Å². The molecule has 2 amide bonds. The Kier molecular flexibility index (Phi) is 7.52. The van der Waals surface area contributed by atoms with Crippen LogP contribution in [0.2, 0.25) is 10.0 Å². The molecule has 0 N–H and O–H groups in total. The summed E-state index contributed by atoms with van der Waals surface area (Å²) in [6, 6.07) is 3.57. The number of hydrogen-bond donors (Lipinski definition) is 0. The number of benzene rings is 1. The first-order valence-electron chi connectivity index (χ1n) is 8.39. The highest BCUT2D eigenvalue weighted by Gasteiger charge is 2.33. The predicted molar refractivity (Wildman–Crippen MR) is 104 cm³/mol. The molecule has 5 nitrogen and oxygen atoms in total. The molecule has 146 valence electrons. The van der Waals surface area contributed by atoms with Crippen molar-refractivity contribution in [2.45, 2.75) is 72.5 Å². The van der Waals surface area contributed by atoms with Crippen LogP contribution in [0.5, 0.6) is 5.75 Å². The van der Waals surface area contributed by atoms with E-state index >= 15 is 0 Å². The van der Waals surface area contributed by atoms with Crippen molar-refractivity contribution < 1.29 is 19.2 Å². The first-order valence-corrected chi connectivity index (χ1v) is 9.15. The molecule has 26 heavy (non-hydrogen) atoms. The fourth-order valence-corrected chi connectivity index (χ4v) is 2.43. The van der Waals surface area contributed by atoms with Crippen molar-refractivity contribution in [1.29, 1.82) is 0 Å². The minimum Gasteiger partial charge on any atom is -0.488 e. The second-order valence-corrected chi connectivity index (χ2v) is 8.83. The summed E-state index contributed by atoms with van der Waals surface area (Å²) in [5, 5.41) is 2.15. The number of nitrogens with zero attached hydrogens (tertiary/aromatic N) is 1. The average Bonchev–Trinajstić information content (AvgIpc) is 2.74. The van der Waals surface area contributed by atoms with Crippen molar-refractivity contribution in [1.82, 2.24) is 5.06 Å². The van der Waals surface area contributed by atoms with Gasteiger partial charge in [-0.25, -0.2) is 0 Å². The number of carbonyl (C=O) groups excluding carboxylic acids is 2. The van der Waals surface area contributed by atoms with Crippen LogP contribution in [0.1, 0.15) is 59.9 Å². The zero-order valence-electron chi connectivity index (χ0n) is 16.4. The summed E-state index contributed by atoms with van der Waals surface area (Å²) in [4.78, 5) is 27.2. The third-order valence-corrected chi connectivity index (χ3v) is 3.83. The summed E-state index contributed by atoms with van der Waals surface area (Å²) < 4.78 is 5.65. The van der Waals surface area contributed by atoms with E-state index in [-0.39, 0.29) is 30.3 Å². The van der Waals surface area contributed by atoms with E-state index in [4.69, 9.17) is 32.8 Å². The maximum atomic E-state index is 11.0. The Morgan fingerprint density at radius 3 is 1.65 bits per heavy atom. The Hall–Kier alpha value is -1.30. The first kappa shape index (κ1) is 22.7. The molecule has 1 aliphatic rings. The highest BCUT2D eigenvalue weighted by Crippen LogP contribution is 2.31. The highest BCUT2D eigenvalue weighted by molar-refractivity contribution is 6.36. The van der Waals surface area contributed by atoms with Crippen LogP contribution in [0.4, 0.5) is 0 Å². The normalized spacial score (nSPS) is 15.0. The van der Waals surface area contributed by atoms with E-state index in [2.05, 4.69) is 0 Å². The van der Waals surface area contributed by atoms with Gasteiger partial charge in [0.05, 0.1) is 5.60 Å². The molecule has 0 saturated carbocycles. The van der Waals surface area contributed by atoms with Gasteiger partial charge >= 0.3 is 0 Å². The van der Waals surface area contributed by atoms with Gasteiger partial charge in [-0.3, -0.25) is 14.4 Å². The Labute approximate surface area is 165 Å². The SMILES string of the molecule is CC(C)(C)ON1C(=O)CCC1=O.Cc1c(Cl)cc(OC(C)(C)C)cc1Cl. The molecule has 0 bridgehead atoms. The lowest BCUT2D eigenvalue weighted by Gasteiger charge is -2.24. The van der Waals surface area contributed by atoms with Gasteiger partial charge < -0.3 is 4.74 Å². The van der Waals surface area contributed by atoms with Crippen LogP contribution in [-0.2, 0) is 14.4 Å². The van der Waals surface area contributed by atoms with Crippen LogP contribution in [-0.4, -0.2) is 28.1 Å². The van der Waals surface area contributed by atoms with E-state index in [1.54, 1.807) is 32.9 Å². The Balaban J connectivity index is 0.000000263. The van der Waals surface area contributed by atoms with Crippen molar-refractivity contribution in [3.05, 3.63) is 27.7 Å². The molecular formula is C19H27Cl2NO4. The summed E-state index contributed by atoms with van der Waals surface area (Å²) in [6.07, 6.45) is 0.545. The summed E-state index contributed by atoms with van der Waals surface area (Å²) in [5.74, 6) is 0.225. The van der Waals surface area contributed by atoms with Crippen LogP contribution in [0.3, 0.4) is 0 Å². The summed E-state index contributed by atoms with van der Waals surface area (Å²) in [5.41, 5.74) is 0.159. The minimum absolute atomic E-state index is 0.234. The predicted octanol–water partition coefficient (Wildman–Crippen LogP) is 5.34. The van der Waals surface area contributed by atoms with Crippen LogP contribution in [0.25, 0.3) is 0 Å². The smallest absolute Gasteiger partial charge is 0.254 e. The van der Waals surface area contributed by atoms with Gasteiger partial charge in [-0.05, 0) is 66.2 Å². The van der Waals surface area contributed by atoms with Crippen LogP contribution in [0, 0.1) is 6.92 Å². The number of imide groups is 1. The molecule has 0 unspecified atom stereocenters. The third-order valence-electron chi connectivity index (χ3n) is 3.05. The average molecular weight is 404 g/mol. The summed E-state index contributed by atoms with van der Waals surface area (Å²) >= 11 is 12.0. The first-order chi connectivity index (χ1) is 11.7. The number of halogens is 2. The van der Waals surface area contributed by atoms with Gasteiger partial charge in [-0.2, -0.15) is 5.06 Å². The van der Waals surface area contributed by atoms with Gasteiger partial charge in [0.1, 0.15) is 11.4 Å². The maximum Gasteiger partial charge on any atom is 0.254 e. The zero-order valence-corrected chi connectivity index (χ0v) is 17.9. The molecule has 0 atom stereocenters. The fraction of sp³-hybridized carbons (Fsp3) is 0.579. The van der Waals surface area contributed by atoms with Crippen LogP contribution >= 0.6 is 23.2 Å². The second-order valence-electron chi connectivity index (χ2n) is 8.01. The number of hydrogen-bond acceptors (Lipinski definition) is 4. The van der Waals surface area contributed by atoms with Gasteiger partial charge in [0.25, 0.3) is 11.8 Å². The monoisotopic (exact) mass is 403 g/mol. The lowest BCUT2D eigenvalue weighted by Crippen LogP contribution is -2.37. The van der Waals surface area contributed by atoms with Crippen LogP contribution < -0.4 is 4.74 Å². The molecule has 1 aliphatic heterocycles. The van der Waals surface area contributed by atoms with Gasteiger partial charge in [-0.1, -0.05) is 23.2 Å². The van der Waals surface area contributed by atoms with Gasteiger partial charge in [0.2, 0.25) is 0 Å². The Morgan fingerprint density at radius 2 is 1.31 bits per heavy atom. The molecule has 7 heteroatoms. The fourth-order valence-electron chi connectivity index (χ4n) is 1.97. The molecular weight excluding hydrogens is 377 g/mol. The topological polar surface area (TPSA) is 55.8 Å². The molecule has 0 aromatic heterocycles. The van der Waals surface area contributed by atoms with E-state index in [1.807, 2.05) is 27.7 Å². The lowest BCUT2D eigenvalue weighted by atomic mass is 10.2. The lowest BCUT2D eigenvalue weighted by molar-refractivity contribution is -0.218. The molecule has 2 rings (SSSR count). The third kappa shape index (κ3) is 7.52. The molecule has 1 heterocycles. The molecule has 1 fully saturated rings. The number of hydroxylamine groups is 2. The summed E-state index contributed by atoms with van der Waals surface area (Å²) in [7, 11) is 0. The quantitative estimate of drug-likeness (QED) is 0.624. The molecule has 1 aromatic carbocycles. The zero-order chi connectivity index (χ0) is 20.3. The maximum absolute atomic E-state index is 11.0. The molecule has 1 saturated heterocycles.